The third kappa shape index (κ3) is 1.73. The van der Waals surface area contributed by atoms with Crippen LogP contribution in [0, 0.1) is 26.7 Å². The molecular formula is C13H21N. The Morgan fingerprint density at radius 3 is 2.43 bits per heavy atom. The van der Waals surface area contributed by atoms with E-state index in [1.807, 2.05) is 0 Å². The Hall–Kier alpha value is -0.720. The lowest BCUT2D eigenvalue weighted by atomic mass is 9.83. The first-order valence-electron chi connectivity index (χ1n) is 5.81. The van der Waals surface area contributed by atoms with Crippen LogP contribution in [-0.2, 0) is 6.54 Å². The molecule has 1 heterocycles. The maximum atomic E-state index is 2.43. The highest BCUT2D eigenvalue weighted by Gasteiger charge is 2.17. The summed E-state index contributed by atoms with van der Waals surface area (Å²) in [6, 6.07) is 0. The summed E-state index contributed by atoms with van der Waals surface area (Å²) >= 11 is 0. The molecule has 2 rings (SSSR count). The average molecular weight is 191 g/mol. The van der Waals surface area contributed by atoms with Gasteiger partial charge >= 0.3 is 0 Å². The molecule has 1 saturated carbocycles. The van der Waals surface area contributed by atoms with E-state index >= 15 is 0 Å². The van der Waals surface area contributed by atoms with Gasteiger partial charge < -0.3 is 4.57 Å². The van der Waals surface area contributed by atoms with Gasteiger partial charge in [-0.05, 0) is 44.2 Å². The molecule has 14 heavy (non-hydrogen) atoms. The minimum atomic E-state index is 1.03. The monoisotopic (exact) mass is 191 g/mol. The van der Waals surface area contributed by atoms with E-state index in [1.54, 1.807) is 0 Å². The van der Waals surface area contributed by atoms with Crippen molar-refractivity contribution < 1.29 is 0 Å². The minimum absolute atomic E-state index is 1.03. The molecule has 0 aliphatic heterocycles. The Balaban J connectivity index is 1.97. The van der Waals surface area contributed by atoms with Crippen LogP contribution >= 0.6 is 0 Å². The Bertz CT molecular complexity index is 318. The van der Waals surface area contributed by atoms with Crippen LogP contribution in [-0.4, -0.2) is 4.57 Å². The molecule has 1 heteroatoms. The predicted octanol–water partition coefficient (Wildman–Crippen LogP) is 3.60. The summed E-state index contributed by atoms with van der Waals surface area (Å²) in [7, 11) is 0. The number of rotatable bonds is 3. The zero-order chi connectivity index (χ0) is 10.1. The van der Waals surface area contributed by atoms with Crippen LogP contribution in [0.3, 0.4) is 0 Å². The lowest BCUT2D eigenvalue weighted by Gasteiger charge is -2.25. The molecule has 0 saturated heterocycles. The lowest BCUT2D eigenvalue weighted by Crippen LogP contribution is -2.14. The topological polar surface area (TPSA) is 4.93 Å². The van der Waals surface area contributed by atoms with E-state index in [-0.39, 0.29) is 0 Å². The smallest absolute Gasteiger partial charge is 0.0225 e. The average Bonchev–Trinajstić information content (AvgIpc) is 2.31. The minimum Gasteiger partial charge on any atom is -0.351 e. The highest BCUT2D eigenvalue weighted by Crippen LogP contribution is 2.30. The largest absolute Gasteiger partial charge is 0.351 e. The highest BCUT2D eigenvalue weighted by atomic mass is 15.0. The fourth-order valence-corrected chi connectivity index (χ4v) is 2.26. The summed E-state index contributed by atoms with van der Waals surface area (Å²) in [6.07, 6.45) is 8.10. The normalized spacial score (nSPS) is 17.1. The van der Waals surface area contributed by atoms with Crippen LogP contribution in [0.2, 0.25) is 0 Å². The molecule has 1 aliphatic rings. The SMILES string of the molecule is Cc1cn(CCC2CCC2)c(C)c1C. The number of aryl methyl sites for hydroxylation is 2. The quantitative estimate of drug-likeness (QED) is 0.688. The van der Waals surface area contributed by atoms with E-state index < -0.39 is 0 Å². The summed E-state index contributed by atoms with van der Waals surface area (Å²) in [5, 5.41) is 0. The van der Waals surface area contributed by atoms with Gasteiger partial charge in [0.15, 0.2) is 0 Å². The third-order valence-corrected chi connectivity index (χ3v) is 3.92. The molecule has 1 fully saturated rings. The van der Waals surface area contributed by atoms with Crippen LogP contribution in [0.4, 0.5) is 0 Å². The molecule has 0 atom stereocenters. The van der Waals surface area contributed by atoms with Crippen molar-refractivity contribution in [2.75, 3.05) is 0 Å². The summed E-state index contributed by atoms with van der Waals surface area (Å²) in [4.78, 5) is 0. The fraction of sp³-hybridized carbons (Fsp3) is 0.692. The molecule has 0 aromatic carbocycles. The van der Waals surface area contributed by atoms with Gasteiger partial charge in [0.05, 0.1) is 0 Å². The van der Waals surface area contributed by atoms with Gasteiger partial charge in [-0.25, -0.2) is 0 Å². The summed E-state index contributed by atoms with van der Waals surface area (Å²) < 4.78 is 2.43. The molecule has 0 radical (unpaired) electrons. The number of aromatic nitrogens is 1. The molecule has 1 aliphatic carbocycles. The van der Waals surface area contributed by atoms with Gasteiger partial charge in [0.2, 0.25) is 0 Å². The maximum absolute atomic E-state index is 2.43. The van der Waals surface area contributed by atoms with Gasteiger partial charge in [-0.15, -0.1) is 0 Å². The second kappa shape index (κ2) is 3.80. The zero-order valence-electron chi connectivity index (χ0n) is 9.64. The molecular weight excluding hydrogens is 170 g/mol. The van der Waals surface area contributed by atoms with Crippen molar-refractivity contribution >= 4 is 0 Å². The van der Waals surface area contributed by atoms with Crippen molar-refractivity contribution in [3.8, 4) is 0 Å². The van der Waals surface area contributed by atoms with E-state index in [2.05, 4.69) is 31.5 Å². The first kappa shape index (κ1) is 9.82. The fourth-order valence-electron chi connectivity index (χ4n) is 2.26. The number of hydrogen-bond acceptors (Lipinski definition) is 0. The van der Waals surface area contributed by atoms with E-state index in [0.29, 0.717) is 0 Å². The van der Waals surface area contributed by atoms with Crippen molar-refractivity contribution in [2.24, 2.45) is 5.92 Å². The van der Waals surface area contributed by atoms with Crippen molar-refractivity contribution in [1.82, 2.24) is 4.57 Å². The molecule has 0 unspecified atom stereocenters. The van der Waals surface area contributed by atoms with Gasteiger partial charge in [-0.1, -0.05) is 19.3 Å². The standard InChI is InChI=1S/C13H21N/c1-10-9-14(12(3)11(10)2)8-7-13-5-4-6-13/h9,13H,4-8H2,1-3H3. The van der Waals surface area contributed by atoms with Gasteiger partial charge in [0, 0.05) is 18.4 Å². The molecule has 1 nitrogen and oxygen atoms in total. The Kier molecular flexibility index (Phi) is 2.66. The third-order valence-electron chi connectivity index (χ3n) is 3.92. The van der Waals surface area contributed by atoms with Gasteiger partial charge in [-0.3, -0.25) is 0 Å². The predicted molar refractivity (Wildman–Crippen MR) is 60.6 cm³/mol. The van der Waals surface area contributed by atoms with Crippen LogP contribution in [0.5, 0.6) is 0 Å². The van der Waals surface area contributed by atoms with Gasteiger partial charge in [0.25, 0.3) is 0 Å². The van der Waals surface area contributed by atoms with Gasteiger partial charge in [0.1, 0.15) is 0 Å². The highest BCUT2D eigenvalue weighted by molar-refractivity contribution is 5.28. The van der Waals surface area contributed by atoms with E-state index in [9.17, 15) is 0 Å². The van der Waals surface area contributed by atoms with Crippen LogP contribution < -0.4 is 0 Å². The molecule has 0 amide bonds. The van der Waals surface area contributed by atoms with Crippen LogP contribution in [0.1, 0.15) is 42.5 Å². The molecule has 78 valence electrons. The molecule has 1 aromatic rings. The summed E-state index contributed by atoms with van der Waals surface area (Å²) in [5.41, 5.74) is 4.37. The lowest BCUT2D eigenvalue weighted by molar-refractivity contribution is 0.282. The van der Waals surface area contributed by atoms with Crippen molar-refractivity contribution in [2.45, 2.75) is 53.0 Å². The zero-order valence-corrected chi connectivity index (χ0v) is 9.64. The van der Waals surface area contributed by atoms with E-state index in [0.717, 1.165) is 5.92 Å². The first-order chi connectivity index (χ1) is 6.68. The summed E-state index contributed by atoms with van der Waals surface area (Å²) in [5.74, 6) is 1.03. The number of nitrogens with zero attached hydrogens (tertiary/aromatic N) is 1. The van der Waals surface area contributed by atoms with Crippen LogP contribution in [0.15, 0.2) is 6.20 Å². The molecule has 0 N–H and O–H groups in total. The molecule has 0 bridgehead atoms. The summed E-state index contributed by atoms with van der Waals surface area (Å²) in [6.45, 7) is 7.90. The maximum Gasteiger partial charge on any atom is 0.0225 e. The van der Waals surface area contributed by atoms with E-state index in [1.165, 1.54) is 49.0 Å². The van der Waals surface area contributed by atoms with Gasteiger partial charge in [-0.2, -0.15) is 0 Å². The van der Waals surface area contributed by atoms with E-state index in [4.69, 9.17) is 0 Å². The Labute approximate surface area is 87.1 Å². The molecule has 0 spiro atoms. The number of hydrogen-bond donors (Lipinski definition) is 0. The van der Waals surface area contributed by atoms with Crippen LogP contribution in [0.25, 0.3) is 0 Å². The Morgan fingerprint density at radius 2 is 2.00 bits per heavy atom. The first-order valence-corrected chi connectivity index (χ1v) is 5.81. The molecule has 1 aromatic heterocycles. The second-order valence-electron chi connectivity index (χ2n) is 4.80. The van der Waals surface area contributed by atoms with Crippen molar-refractivity contribution in [3.63, 3.8) is 0 Å². The van der Waals surface area contributed by atoms with Crippen molar-refractivity contribution in [1.29, 1.82) is 0 Å². The second-order valence-corrected chi connectivity index (χ2v) is 4.80. The van der Waals surface area contributed by atoms with Crippen molar-refractivity contribution in [3.05, 3.63) is 23.0 Å². The Morgan fingerprint density at radius 1 is 1.29 bits per heavy atom.